The molecule has 35 heavy (non-hydrogen) atoms. The molecule has 3 aromatic rings. The van der Waals surface area contributed by atoms with Gasteiger partial charge < -0.3 is 15.6 Å². The number of carbonyl (C=O) groups is 3. The first-order chi connectivity index (χ1) is 16.6. The van der Waals surface area contributed by atoms with Crippen molar-refractivity contribution >= 4 is 34.6 Å². The van der Waals surface area contributed by atoms with Gasteiger partial charge in [0.2, 0.25) is 5.91 Å². The third kappa shape index (κ3) is 4.40. The maximum Gasteiger partial charge on any atom is 0.325 e. The second-order valence-electron chi connectivity index (χ2n) is 10.8. The summed E-state index contributed by atoms with van der Waals surface area (Å²) in [6.45, 7) is 6.33. The number of aromatic amines is 1. The fourth-order valence-corrected chi connectivity index (χ4v) is 5.28. The number of para-hydroxylation sites is 2. The van der Waals surface area contributed by atoms with E-state index in [0.717, 1.165) is 40.2 Å². The molecule has 4 amide bonds. The minimum atomic E-state index is -0.868. The summed E-state index contributed by atoms with van der Waals surface area (Å²) < 4.78 is 0. The van der Waals surface area contributed by atoms with E-state index in [0.29, 0.717) is 24.4 Å². The molecule has 0 bridgehead atoms. The maximum atomic E-state index is 13.2. The van der Waals surface area contributed by atoms with Gasteiger partial charge in [-0.15, -0.1) is 0 Å². The van der Waals surface area contributed by atoms with Gasteiger partial charge in [0, 0.05) is 11.3 Å². The van der Waals surface area contributed by atoms with E-state index in [1.54, 1.807) is 12.1 Å². The molecule has 0 atom stereocenters. The molecule has 0 radical (unpaired) electrons. The molecule has 1 saturated heterocycles. The van der Waals surface area contributed by atoms with Crippen LogP contribution in [0.3, 0.4) is 0 Å². The Bertz CT molecular complexity index is 1250. The highest BCUT2D eigenvalue weighted by Gasteiger charge is 2.53. The summed E-state index contributed by atoms with van der Waals surface area (Å²) in [5.41, 5.74) is 2.62. The van der Waals surface area contributed by atoms with Crippen LogP contribution in [-0.4, -0.2) is 44.8 Å². The van der Waals surface area contributed by atoms with E-state index in [2.05, 4.69) is 41.4 Å². The number of nitrogens with zero attached hydrogens (tertiary/aromatic N) is 2. The minimum Gasteiger partial charge on any atom is -0.338 e. The number of imidazole rings is 1. The Balaban J connectivity index is 1.21. The molecule has 1 saturated carbocycles. The van der Waals surface area contributed by atoms with Crippen LogP contribution < -0.4 is 10.6 Å². The highest BCUT2D eigenvalue weighted by Crippen LogP contribution is 2.43. The van der Waals surface area contributed by atoms with Crippen LogP contribution in [0.4, 0.5) is 10.5 Å². The second-order valence-corrected chi connectivity index (χ2v) is 10.8. The first-order valence-corrected chi connectivity index (χ1v) is 12.1. The SMILES string of the molecule is CC(C)(C)C1CCC2(CC1)NC(=O)N(CC(=O)Nc1ccc(-c3nc4ccccc4[nH]3)cc1)C2=O. The molecule has 1 aliphatic carbocycles. The summed E-state index contributed by atoms with van der Waals surface area (Å²) in [5, 5.41) is 5.68. The minimum absolute atomic E-state index is 0.173. The van der Waals surface area contributed by atoms with Crippen molar-refractivity contribution in [2.75, 3.05) is 11.9 Å². The molecular weight excluding hydrogens is 442 g/mol. The van der Waals surface area contributed by atoms with Crippen molar-refractivity contribution in [3.8, 4) is 11.4 Å². The Labute approximate surface area is 204 Å². The molecule has 1 aromatic heterocycles. The predicted octanol–water partition coefficient (Wildman–Crippen LogP) is 4.70. The standard InChI is InChI=1S/C27H31N5O3/c1-26(2,3)18-12-14-27(15-13-18)24(34)32(25(35)31-27)16-22(33)28-19-10-8-17(9-11-19)23-29-20-6-4-5-7-21(20)30-23/h4-11,18H,12-16H2,1-3H3,(H,28,33)(H,29,30)(H,31,35). The van der Waals surface area contributed by atoms with Gasteiger partial charge in [0.15, 0.2) is 0 Å². The molecule has 2 fully saturated rings. The van der Waals surface area contributed by atoms with E-state index < -0.39 is 17.5 Å². The molecule has 1 aliphatic heterocycles. The number of H-pyrrole nitrogens is 1. The van der Waals surface area contributed by atoms with Gasteiger partial charge in [-0.1, -0.05) is 32.9 Å². The summed E-state index contributed by atoms with van der Waals surface area (Å²) in [6, 6.07) is 14.6. The zero-order valence-electron chi connectivity index (χ0n) is 20.4. The Morgan fingerprint density at radius 1 is 1.09 bits per heavy atom. The molecule has 182 valence electrons. The van der Waals surface area contributed by atoms with Crippen molar-refractivity contribution in [2.24, 2.45) is 11.3 Å². The second kappa shape index (κ2) is 8.52. The number of aromatic nitrogens is 2. The average Bonchev–Trinajstić information content (AvgIpc) is 3.34. The molecule has 3 N–H and O–H groups in total. The van der Waals surface area contributed by atoms with Crippen LogP contribution >= 0.6 is 0 Å². The van der Waals surface area contributed by atoms with E-state index in [1.165, 1.54) is 0 Å². The molecule has 5 rings (SSSR count). The molecule has 2 heterocycles. The number of anilines is 1. The third-order valence-electron chi connectivity index (χ3n) is 7.44. The summed E-state index contributed by atoms with van der Waals surface area (Å²) in [7, 11) is 0. The first kappa shape index (κ1) is 23.1. The molecule has 2 aliphatic rings. The zero-order chi connectivity index (χ0) is 24.8. The highest BCUT2D eigenvalue weighted by atomic mass is 16.2. The van der Waals surface area contributed by atoms with Crippen molar-refractivity contribution in [2.45, 2.75) is 52.0 Å². The molecule has 8 heteroatoms. The van der Waals surface area contributed by atoms with Gasteiger partial charge in [0.05, 0.1) is 11.0 Å². The fraction of sp³-hybridized carbons (Fsp3) is 0.407. The quantitative estimate of drug-likeness (QED) is 0.478. The van der Waals surface area contributed by atoms with Crippen molar-refractivity contribution in [3.05, 3.63) is 48.5 Å². The van der Waals surface area contributed by atoms with E-state index >= 15 is 0 Å². The average molecular weight is 474 g/mol. The van der Waals surface area contributed by atoms with Gasteiger partial charge in [-0.25, -0.2) is 9.78 Å². The number of nitrogens with one attached hydrogen (secondary N) is 3. The van der Waals surface area contributed by atoms with Gasteiger partial charge in [0.25, 0.3) is 5.91 Å². The third-order valence-corrected chi connectivity index (χ3v) is 7.44. The van der Waals surface area contributed by atoms with Crippen LogP contribution in [0.5, 0.6) is 0 Å². The largest absolute Gasteiger partial charge is 0.338 e. The van der Waals surface area contributed by atoms with Crippen molar-refractivity contribution in [3.63, 3.8) is 0 Å². The lowest BCUT2D eigenvalue weighted by molar-refractivity contribution is -0.135. The lowest BCUT2D eigenvalue weighted by atomic mass is 9.67. The van der Waals surface area contributed by atoms with Gasteiger partial charge in [-0.05, 0) is 73.4 Å². The summed E-state index contributed by atoms with van der Waals surface area (Å²) in [6.07, 6.45) is 2.99. The van der Waals surface area contributed by atoms with E-state index in [1.807, 2.05) is 36.4 Å². The van der Waals surface area contributed by atoms with Gasteiger partial charge in [-0.3, -0.25) is 14.5 Å². The number of rotatable bonds is 4. The van der Waals surface area contributed by atoms with Gasteiger partial charge in [0.1, 0.15) is 17.9 Å². The van der Waals surface area contributed by atoms with Crippen LogP contribution in [0.15, 0.2) is 48.5 Å². The Morgan fingerprint density at radius 3 is 2.43 bits per heavy atom. The number of imide groups is 1. The first-order valence-electron chi connectivity index (χ1n) is 12.1. The molecule has 1 spiro atoms. The molecule has 2 aromatic carbocycles. The number of hydrogen-bond acceptors (Lipinski definition) is 4. The number of hydrogen-bond donors (Lipinski definition) is 3. The summed E-state index contributed by atoms with van der Waals surface area (Å²) in [4.78, 5) is 47.4. The lowest BCUT2D eigenvalue weighted by Gasteiger charge is -2.40. The normalized spacial score (nSPS) is 22.6. The summed E-state index contributed by atoms with van der Waals surface area (Å²) >= 11 is 0. The van der Waals surface area contributed by atoms with Crippen LogP contribution in [0.25, 0.3) is 22.4 Å². The number of carbonyl (C=O) groups excluding carboxylic acids is 3. The Kier molecular flexibility index (Phi) is 5.62. The van der Waals surface area contributed by atoms with E-state index in [4.69, 9.17) is 0 Å². The number of amides is 4. The fourth-order valence-electron chi connectivity index (χ4n) is 5.28. The number of benzene rings is 2. The monoisotopic (exact) mass is 473 g/mol. The molecular formula is C27H31N5O3. The topological polar surface area (TPSA) is 107 Å². The lowest BCUT2D eigenvalue weighted by Crippen LogP contribution is -2.50. The van der Waals surface area contributed by atoms with Gasteiger partial charge >= 0.3 is 6.03 Å². The van der Waals surface area contributed by atoms with Crippen LogP contribution in [0, 0.1) is 11.3 Å². The smallest absolute Gasteiger partial charge is 0.325 e. The predicted molar refractivity (Wildman–Crippen MR) is 135 cm³/mol. The number of urea groups is 1. The highest BCUT2D eigenvalue weighted by molar-refractivity contribution is 6.10. The Hall–Kier alpha value is -3.68. The van der Waals surface area contributed by atoms with E-state index in [9.17, 15) is 14.4 Å². The number of fused-ring (bicyclic) bond motifs is 1. The van der Waals surface area contributed by atoms with Gasteiger partial charge in [-0.2, -0.15) is 0 Å². The maximum absolute atomic E-state index is 13.2. The van der Waals surface area contributed by atoms with Crippen molar-refractivity contribution in [1.82, 2.24) is 20.2 Å². The molecule has 0 unspecified atom stereocenters. The van der Waals surface area contributed by atoms with Crippen molar-refractivity contribution in [1.29, 1.82) is 0 Å². The Morgan fingerprint density at radius 2 is 1.77 bits per heavy atom. The van der Waals surface area contributed by atoms with Crippen LogP contribution in [-0.2, 0) is 9.59 Å². The molecule has 8 nitrogen and oxygen atoms in total. The van der Waals surface area contributed by atoms with Crippen molar-refractivity contribution < 1.29 is 14.4 Å². The van der Waals surface area contributed by atoms with E-state index in [-0.39, 0.29) is 17.9 Å². The van der Waals surface area contributed by atoms with Crippen LogP contribution in [0.1, 0.15) is 46.5 Å². The zero-order valence-corrected chi connectivity index (χ0v) is 20.4. The summed E-state index contributed by atoms with van der Waals surface area (Å²) in [5.74, 6) is 0.559. The van der Waals surface area contributed by atoms with Crippen LogP contribution in [0.2, 0.25) is 0 Å².